The van der Waals surface area contributed by atoms with Crippen LogP contribution in [-0.2, 0) is 10.0 Å². The smallest absolute Gasteiger partial charge is 0.253 e. The van der Waals surface area contributed by atoms with Gasteiger partial charge in [-0.25, -0.2) is 8.42 Å². The Kier molecular flexibility index (Phi) is 5.75. The van der Waals surface area contributed by atoms with Crippen LogP contribution >= 0.6 is 11.6 Å². The van der Waals surface area contributed by atoms with Crippen molar-refractivity contribution in [1.29, 1.82) is 0 Å². The van der Waals surface area contributed by atoms with E-state index in [1.54, 1.807) is 6.07 Å². The molecule has 1 atom stereocenters. The number of nitrogens with one attached hydrogen (secondary N) is 1. The predicted molar refractivity (Wildman–Crippen MR) is 102 cm³/mol. The van der Waals surface area contributed by atoms with E-state index in [0.29, 0.717) is 11.3 Å². The minimum absolute atomic E-state index is 0.178. The third-order valence-electron chi connectivity index (χ3n) is 3.98. The largest absolute Gasteiger partial charge is 0.345 e. The molecule has 1 unspecified atom stereocenters. The zero-order valence-electron chi connectivity index (χ0n) is 14.6. The van der Waals surface area contributed by atoms with E-state index < -0.39 is 10.0 Å². The number of benzene rings is 2. The Labute approximate surface area is 153 Å². The first-order valence-electron chi connectivity index (χ1n) is 7.70. The van der Waals surface area contributed by atoms with Crippen LogP contribution in [0.3, 0.4) is 0 Å². The molecule has 0 fully saturated rings. The minimum atomic E-state index is -3.39. The van der Waals surface area contributed by atoms with Gasteiger partial charge in [0.15, 0.2) is 0 Å². The van der Waals surface area contributed by atoms with Gasteiger partial charge in [-0.1, -0.05) is 41.4 Å². The molecule has 25 heavy (non-hydrogen) atoms. The number of hydrogen-bond acceptors (Lipinski definition) is 3. The van der Waals surface area contributed by atoms with Crippen molar-refractivity contribution in [3.63, 3.8) is 0 Å². The van der Waals surface area contributed by atoms with Crippen LogP contribution < -0.4 is 9.62 Å². The highest BCUT2D eigenvalue weighted by Gasteiger charge is 2.17. The van der Waals surface area contributed by atoms with Crippen LogP contribution in [0.25, 0.3) is 0 Å². The lowest BCUT2D eigenvalue weighted by Crippen LogP contribution is -2.27. The number of carbonyl (C=O) groups excluding carboxylic acids is 1. The minimum Gasteiger partial charge on any atom is -0.345 e. The molecule has 134 valence electrons. The summed E-state index contributed by atoms with van der Waals surface area (Å²) in [5, 5.41) is 3.09. The Morgan fingerprint density at radius 1 is 1.16 bits per heavy atom. The highest BCUT2D eigenvalue weighted by molar-refractivity contribution is 7.92. The van der Waals surface area contributed by atoms with Gasteiger partial charge in [0, 0.05) is 7.05 Å². The molecule has 0 aromatic heterocycles. The third-order valence-corrected chi connectivity index (χ3v) is 5.50. The van der Waals surface area contributed by atoms with E-state index in [1.165, 1.54) is 19.2 Å². The Morgan fingerprint density at radius 3 is 2.28 bits per heavy atom. The third kappa shape index (κ3) is 4.74. The van der Waals surface area contributed by atoms with Crippen molar-refractivity contribution in [2.45, 2.75) is 19.9 Å². The highest BCUT2D eigenvalue weighted by Crippen LogP contribution is 2.25. The van der Waals surface area contributed by atoms with E-state index >= 15 is 0 Å². The Bertz CT molecular complexity index is 880. The topological polar surface area (TPSA) is 66.5 Å². The van der Waals surface area contributed by atoms with Gasteiger partial charge >= 0.3 is 0 Å². The van der Waals surface area contributed by atoms with Gasteiger partial charge in [-0.3, -0.25) is 9.10 Å². The molecule has 2 aromatic carbocycles. The van der Waals surface area contributed by atoms with Crippen molar-refractivity contribution < 1.29 is 13.2 Å². The Hall–Kier alpha value is -2.05. The number of amides is 1. The van der Waals surface area contributed by atoms with Crippen LogP contribution in [0.5, 0.6) is 0 Å². The van der Waals surface area contributed by atoms with Gasteiger partial charge in [0.1, 0.15) is 0 Å². The normalized spacial score (nSPS) is 12.5. The molecule has 1 amide bonds. The molecule has 0 heterocycles. The molecule has 0 aliphatic rings. The van der Waals surface area contributed by atoms with Gasteiger partial charge in [-0.2, -0.15) is 0 Å². The van der Waals surface area contributed by atoms with Crippen LogP contribution in [0.15, 0.2) is 42.5 Å². The van der Waals surface area contributed by atoms with E-state index in [-0.39, 0.29) is 17.0 Å². The molecule has 0 bridgehead atoms. The molecule has 7 heteroatoms. The zero-order valence-corrected chi connectivity index (χ0v) is 16.1. The number of nitrogens with zero attached hydrogens (tertiary/aromatic N) is 1. The van der Waals surface area contributed by atoms with Crippen LogP contribution in [0, 0.1) is 6.92 Å². The van der Waals surface area contributed by atoms with E-state index in [4.69, 9.17) is 11.6 Å². The van der Waals surface area contributed by atoms with Crippen LogP contribution in [-0.4, -0.2) is 27.6 Å². The first kappa shape index (κ1) is 19.3. The molecular formula is C18H21ClN2O3S. The average Bonchev–Trinajstić information content (AvgIpc) is 2.53. The summed E-state index contributed by atoms with van der Waals surface area (Å²) in [6.45, 7) is 3.89. The van der Waals surface area contributed by atoms with E-state index in [9.17, 15) is 13.2 Å². The van der Waals surface area contributed by atoms with Crippen LogP contribution in [0.2, 0.25) is 5.02 Å². The fourth-order valence-electron chi connectivity index (χ4n) is 2.29. The molecule has 0 saturated heterocycles. The van der Waals surface area contributed by atoms with E-state index in [0.717, 1.165) is 21.7 Å². The lowest BCUT2D eigenvalue weighted by molar-refractivity contribution is 0.0940. The van der Waals surface area contributed by atoms with Crippen molar-refractivity contribution in [1.82, 2.24) is 5.32 Å². The predicted octanol–water partition coefficient (Wildman–Crippen LogP) is 3.54. The Morgan fingerprint density at radius 2 is 1.76 bits per heavy atom. The summed E-state index contributed by atoms with van der Waals surface area (Å²) in [4.78, 5) is 12.5. The lowest BCUT2D eigenvalue weighted by Gasteiger charge is -2.18. The molecule has 5 nitrogen and oxygen atoms in total. The number of sulfonamides is 1. The average molecular weight is 381 g/mol. The Balaban J connectivity index is 2.18. The fourth-order valence-corrected chi connectivity index (χ4v) is 3.05. The quantitative estimate of drug-likeness (QED) is 0.862. The summed E-state index contributed by atoms with van der Waals surface area (Å²) < 4.78 is 24.3. The zero-order chi connectivity index (χ0) is 18.8. The number of halogens is 1. The maximum Gasteiger partial charge on any atom is 0.253 e. The first-order chi connectivity index (χ1) is 11.6. The van der Waals surface area contributed by atoms with E-state index in [2.05, 4.69) is 5.32 Å². The SMILES string of the molecule is Cc1ccc(C(C)NC(=O)c2ccc(N(C)S(C)(=O)=O)cc2Cl)cc1. The molecule has 1 N–H and O–H groups in total. The van der Waals surface area contributed by atoms with Crippen molar-refractivity contribution >= 4 is 33.2 Å². The second-order valence-electron chi connectivity index (χ2n) is 6.00. The summed E-state index contributed by atoms with van der Waals surface area (Å²) in [6, 6.07) is 12.3. The molecule has 2 aromatic rings. The molecule has 0 radical (unpaired) electrons. The molecule has 0 aliphatic carbocycles. The summed E-state index contributed by atoms with van der Waals surface area (Å²) in [6.07, 6.45) is 1.10. The first-order valence-corrected chi connectivity index (χ1v) is 9.93. The van der Waals surface area contributed by atoms with Gasteiger partial charge in [0.2, 0.25) is 10.0 Å². The summed E-state index contributed by atoms with van der Waals surface area (Å²) in [5.74, 6) is -0.313. The number of anilines is 1. The van der Waals surface area contributed by atoms with Crippen molar-refractivity contribution in [3.8, 4) is 0 Å². The molecule has 2 rings (SSSR count). The van der Waals surface area contributed by atoms with Crippen molar-refractivity contribution in [2.75, 3.05) is 17.6 Å². The van der Waals surface area contributed by atoms with Crippen LogP contribution in [0.1, 0.15) is 34.5 Å². The molecule has 0 saturated carbocycles. The number of carbonyl (C=O) groups is 1. The van der Waals surface area contributed by atoms with Gasteiger partial charge in [0.05, 0.1) is 28.6 Å². The summed E-state index contributed by atoms with van der Waals surface area (Å²) in [5.41, 5.74) is 2.83. The second-order valence-corrected chi connectivity index (χ2v) is 8.42. The molecular weight excluding hydrogens is 360 g/mol. The lowest BCUT2D eigenvalue weighted by atomic mass is 10.1. The number of aryl methyl sites for hydroxylation is 1. The maximum atomic E-state index is 12.5. The summed E-state index contributed by atoms with van der Waals surface area (Å²) in [7, 11) is -1.96. The van der Waals surface area contributed by atoms with Gasteiger partial charge < -0.3 is 5.32 Å². The molecule has 0 spiro atoms. The second kappa shape index (κ2) is 7.45. The number of hydrogen-bond donors (Lipinski definition) is 1. The van der Waals surface area contributed by atoms with Crippen molar-refractivity contribution in [3.05, 3.63) is 64.2 Å². The summed E-state index contributed by atoms with van der Waals surface area (Å²) >= 11 is 6.19. The molecule has 0 aliphatic heterocycles. The maximum absolute atomic E-state index is 12.5. The van der Waals surface area contributed by atoms with E-state index in [1.807, 2.05) is 38.1 Å². The van der Waals surface area contributed by atoms with Gasteiger partial charge in [-0.15, -0.1) is 0 Å². The monoisotopic (exact) mass is 380 g/mol. The van der Waals surface area contributed by atoms with Gasteiger partial charge in [0.25, 0.3) is 5.91 Å². The van der Waals surface area contributed by atoms with Crippen LogP contribution in [0.4, 0.5) is 5.69 Å². The fraction of sp³-hybridized carbons (Fsp3) is 0.278. The van der Waals surface area contributed by atoms with Gasteiger partial charge in [-0.05, 0) is 37.6 Å². The standard InChI is InChI=1S/C18H21ClN2O3S/c1-12-5-7-14(8-6-12)13(2)20-18(22)16-10-9-15(11-17(16)19)21(3)25(4,23)24/h5-11,13H,1-4H3,(H,20,22). The number of rotatable bonds is 5. The highest BCUT2D eigenvalue weighted by atomic mass is 35.5. The van der Waals surface area contributed by atoms with Crippen molar-refractivity contribution in [2.24, 2.45) is 0 Å².